The molecule has 0 radical (unpaired) electrons. The van der Waals surface area contributed by atoms with Crippen LogP contribution in [0.3, 0.4) is 0 Å². The number of β-amino-alcohol motifs (C(OH)–C–C–N with tert-alkyl or cyclic N) is 1. The second kappa shape index (κ2) is 25.0. The highest BCUT2D eigenvalue weighted by Crippen LogP contribution is 2.36. The highest BCUT2D eigenvalue weighted by molar-refractivity contribution is 7.13. The predicted octanol–water partition coefficient (Wildman–Crippen LogP) is 9.28. The summed E-state index contributed by atoms with van der Waals surface area (Å²) < 4.78 is 5.99. The maximum Gasteiger partial charge on any atom is 0.246 e. The van der Waals surface area contributed by atoms with Gasteiger partial charge in [0, 0.05) is 38.2 Å². The van der Waals surface area contributed by atoms with Gasteiger partial charge in [0.2, 0.25) is 23.6 Å². The number of aliphatic hydroxyl groups excluding tert-OH is 1. The molecule has 2 heterocycles. The summed E-state index contributed by atoms with van der Waals surface area (Å²) in [4.78, 5) is 60.6. The van der Waals surface area contributed by atoms with E-state index in [2.05, 4.69) is 33.1 Å². The van der Waals surface area contributed by atoms with Crippen molar-refractivity contribution in [3.05, 3.63) is 172 Å². The number of phenolic OH excluding ortho intramolecular Hbond substituents is 1. The van der Waals surface area contributed by atoms with Crippen LogP contribution >= 0.6 is 22.9 Å². The molecule has 4 amide bonds. The van der Waals surface area contributed by atoms with Crippen molar-refractivity contribution < 1.29 is 34.1 Å². The molecule has 6 aromatic rings. The lowest BCUT2D eigenvalue weighted by Crippen LogP contribution is -2.57. The van der Waals surface area contributed by atoms with Gasteiger partial charge in [-0.3, -0.25) is 19.2 Å². The molecule has 72 heavy (non-hydrogen) atoms. The lowest BCUT2D eigenvalue weighted by Gasteiger charge is -2.35. The molecule has 12 nitrogen and oxygen atoms in total. The number of ether oxygens (including phenoxy) is 1. The number of likely N-dealkylation sites (tertiary alicyclic amines) is 1. The summed E-state index contributed by atoms with van der Waals surface area (Å²) in [5.41, 5.74) is 11.1. The van der Waals surface area contributed by atoms with Crippen molar-refractivity contribution in [1.29, 1.82) is 0 Å². The number of amides is 4. The monoisotopic (exact) mass is 1010 g/mol. The number of aromatic nitrogens is 1. The van der Waals surface area contributed by atoms with Gasteiger partial charge >= 0.3 is 0 Å². The number of carbonyl (C=O) groups is 4. The SMILES string of the molecule is Cc1ncsc1-c1ccc(CNC(=O)[C@@H]2C[C@@H](O)CN2C(=O)C(NC(=O)CCc2ccc(CCC(=O)NCCOc3ccc(C(=C(CCCl)c4ccccc4)c4ccc(O)cc4)cc3)cc2)C(C)(C)C)cc1. The molecule has 1 unspecified atom stereocenters. The molecule has 376 valence electrons. The van der Waals surface area contributed by atoms with Crippen molar-refractivity contribution >= 4 is 57.7 Å². The number of halogens is 1. The number of aryl methyl sites for hydroxylation is 3. The second-order valence-corrected chi connectivity index (χ2v) is 20.4. The van der Waals surface area contributed by atoms with Crippen LogP contribution in [0.1, 0.15) is 85.5 Å². The third kappa shape index (κ3) is 14.4. The van der Waals surface area contributed by atoms with Gasteiger partial charge in [0.15, 0.2) is 0 Å². The van der Waals surface area contributed by atoms with E-state index in [1.165, 1.54) is 4.90 Å². The van der Waals surface area contributed by atoms with Crippen LogP contribution in [0.25, 0.3) is 21.6 Å². The van der Waals surface area contributed by atoms with Crippen molar-refractivity contribution in [3.8, 4) is 21.9 Å². The molecule has 1 aromatic heterocycles. The zero-order valence-corrected chi connectivity index (χ0v) is 42.9. The van der Waals surface area contributed by atoms with Gasteiger partial charge in [-0.05, 0) is 106 Å². The Morgan fingerprint density at radius 2 is 1.39 bits per heavy atom. The fraction of sp³-hybridized carbons (Fsp3) is 0.328. The molecular weight excluding hydrogens is 946 g/mol. The van der Waals surface area contributed by atoms with E-state index in [1.807, 2.05) is 136 Å². The number of hydrogen-bond donors (Lipinski definition) is 5. The third-order valence-corrected chi connectivity index (χ3v) is 13.9. The minimum Gasteiger partial charge on any atom is -0.508 e. The fourth-order valence-corrected chi connectivity index (χ4v) is 9.86. The van der Waals surface area contributed by atoms with Gasteiger partial charge in [-0.1, -0.05) is 124 Å². The maximum atomic E-state index is 14.1. The third-order valence-electron chi connectivity index (χ3n) is 12.8. The van der Waals surface area contributed by atoms with E-state index in [1.54, 1.807) is 23.5 Å². The molecule has 1 fully saturated rings. The molecule has 14 heteroatoms. The average molecular weight is 1010 g/mol. The minimum atomic E-state index is -0.921. The zero-order chi connectivity index (χ0) is 51.2. The summed E-state index contributed by atoms with van der Waals surface area (Å²) in [5, 5.41) is 29.4. The van der Waals surface area contributed by atoms with E-state index in [0.717, 1.165) is 60.7 Å². The van der Waals surface area contributed by atoms with Crippen molar-refractivity contribution in [1.82, 2.24) is 25.8 Å². The van der Waals surface area contributed by atoms with Gasteiger partial charge in [0.05, 0.1) is 28.7 Å². The van der Waals surface area contributed by atoms with Gasteiger partial charge in [-0.25, -0.2) is 4.98 Å². The zero-order valence-electron chi connectivity index (χ0n) is 41.3. The molecule has 0 bridgehead atoms. The number of hydrogen-bond acceptors (Lipinski definition) is 9. The summed E-state index contributed by atoms with van der Waals surface area (Å²) >= 11 is 7.88. The molecule has 1 aliphatic heterocycles. The predicted molar refractivity (Wildman–Crippen MR) is 285 cm³/mol. The van der Waals surface area contributed by atoms with Crippen LogP contribution in [0.5, 0.6) is 11.5 Å². The Bertz CT molecular complexity index is 2790. The first-order valence-electron chi connectivity index (χ1n) is 24.4. The summed E-state index contributed by atoms with van der Waals surface area (Å²) in [6.45, 7) is 8.46. The Balaban J connectivity index is 0.839. The normalized spacial score (nSPS) is 15.3. The van der Waals surface area contributed by atoms with Crippen molar-refractivity contribution in [2.24, 2.45) is 5.41 Å². The van der Waals surface area contributed by atoms with E-state index in [0.29, 0.717) is 50.5 Å². The Labute approximate surface area is 431 Å². The Kier molecular flexibility index (Phi) is 18.4. The molecule has 0 spiro atoms. The first kappa shape index (κ1) is 53.0. The van der Waals surface area contributed by atoms with Gasteiger partial charge in [-0.15, -0.1) is 22.9 Å². The van der Waals surface area contributed by atoms with E-state index >= 15 is 0 Å². The number of nitrogens with zero attached hydrogens (tertiary/aromatic N) is 2. The number of aliphatic hydroxyl groups is 1. The summed E-state index contributed by atoms with van der Waals surface area (Å²) in [5.74, 6) is 0.166. The van der Waals surface area contributed by atoms with Crippen LogP contribution in [0.15, 0.2) is 133 Å². The lowest BCUT2D eigenvalue weighted by molar-refractivity contribution is -0.144. The van der Waals surface area contributed by atoms with Crippen molar-refractivity contribution in [2.75, 3.05) is 25.6 Å². The number of allylic oxidation sites excluding steroid dienone is 1. The van der Waals surface area contributed by atoms with Gasteiger partial charge in [0.1, 0.15) is 30.2 Å². The van der Waals surface area contributed by atoms with Gasteiger partial charge in [0.25, 0.3) is 0 Å². The van der Waals surface area contributed by atoms with E-state index in [9.17, 15) is 29.4 Å². The summed E-state index contributed by atoms with van der Waals surface area (Å²) in [6.07, 6.45) is 1.33. The fourth-order valence-electron chi connectivity index (χ4n) is 8.86. The average Bonchev–Trinajstić information content (AvgIpc) is 4.00. The molecular formula is C58H64ClN5O7S. The molecule has 1 aliphatic rings. The van der Waals surface area contributed by atoms with Crippen LogP contribution in [-0.4, -0.2) is 87.5 Å². The summed E-state index contributed by atoms with van der Waals surface area (Å²) in [7, 11) is 0. The van der Waals surface area contributed by atoms with Crippen molar-refractivity contribution in [3.63, 3.8) is 0 Å². The maximum absolute atomic E-state index is 14.1. The molecule has 1 saturated heterocycles. The van der Waals surface area contributed by atoms with Crippen LogP contribution in [0.2, 0.25) is 0 Å². The molecule has 5 N–H and O–H groups in total. The summed E-state index contributed by atoms with van der Waals surface area (Å²) in [6, 6.07) is 39.1. The lowest BCUT2D eigenvalue weighted by atomic mass is 9.85. The van der Waals surface area contributed by atoms with Gasteiger partial charge in [-0.2, -0.15) is 0 Å². The number of aromatic hydroxyl groups is 1. The molecule has 5 aromatic carbocycles. The number of rotatable bonds is 21. The first-order chi connectivity index (χ1) is 34.7. The highest BCUT2D eigenvalue weighted by atomic mass is 35.5. The molecule has 0 aliphatic carbocycles. The second-order valence-electron chi connectivity index (χ2n) is 19.2. The Morgan fingerprint density at radius 3 is 1.99 bits per heavy atom. The number of phenols is 1. The molecule has 3 atom stereocenters. The van der Waals surface area contributed by atoms with Gasteiger partial charge < -0.3 is 35.8 Å². The number of nitrogens with one attached hydrogen (secondary N) is 3. The van der Waals surface area contributed by atoms with E-state index < -0.39 is 29.5 Å². The number of alkyl halides is 1. The van der Waals surface area contributed by atoms with Crippen molar-refractivity contribution in [2.45, 2.75) is 91.0 Å². The van der Waals surface area contributed by atoms with Crippen LogP contribution < -0.4 is 20.7 Å². The first-order valence-corrected chi connectivity index (χ1v) is 25.8. The number of carbonyl (C=O) groups excluding carboxylic acids is 4. The van der Waals surface area contributed by atoms with E-state index in [-0.39, 0.29) is 49.4 Å². The Morgan fingerprint density at radius 1 is 0.778 bits per heavy atom. The largest absolute Gasteiger partial charge is 0.508 e. The van der Waals surface area contributed by atoms with Crippen LogP contribution in [-0.2, 0) is 38.6 Å². The number of benzene rings is 5. The Hall–Kier alpha value is -6.80. The quantitative estimate of drug-likeness (QED) is 0.0270. The van der Waals surface area contributed by atoms with E-state index in [4.69, 9.17) is 16.3 Å². The molecule has 0 saturated carbocycles. The highest BCUT2D eigenvalue weighted by Gasteiger charge is 2.44. The minimum absolute atomic E-state index is 0.00258. The number of thiazole rings is 1. The topological polar surface area (TPSA) is 170 Å². The standard InChI is InChI=1S/C58H64ClN5O7S/c1-38-54(72-37-62-38)45-18-14-41(15-19-45)35-61-56(69)50-34-47(66)36-64(50)57(70)55(58(2,3)4)63-52(68)29-17-40-12-10-39(11-13-40)16-28-51(67)60-32-33-71-48-26-22-44(23-27-48)53(43-20-24-46(65)25-21-43)49(30-31-59)42-8-6-5-7-9-42/h5-15,18-27,37,47,50,55,65-66H,16-17,28-36H2,1-4H3,(H,60,67)(H,61,69)(H,63,68)/t47-,50+,55?/m1/s1. The molecule has 7 rings (SSSR count). The van der Waals surface area contributed by atoms with Crippen LogP contribution in [0, 0.1) is 12.3 Å². The van der Waals surface area contributed by atoms with Crippen LogP contribution in [0.4, 0.5) is 0 Å². The smallest absolute Gasteiger partial charge is 0.246 e.